The molecule has 0 spiro atoms. The molecule has 1 amide bonds. The Morgan fingerprint density at radius 1 is 0.900 bits per heavy atom. The van der Waals surface area contributed by atoms with Gasteiger partial charge in [-0.3, -0.25) is 4.79 Å². The number of aromatic nitrogens is 2. The normalized spacial score (nSPS) is 18.1. The van der Waals surface area contributed by atoms with Crippen LogP contribution in [0.4, 0.5) is 11.8 Å². The highest BCUT2D eigenvalue weighted by Crippen LogP contribution is 2.24. The molecular weight excluding hydrogens is 423 g/mol. The van der Waals surface area contributed by atoms with Gasteiger partial charge in [-0.05, 0) is 32.2 Å². The standard InChI is InChI=1S/C21H26Cl2N6O/c1-15-13-19(27-7-5-26(2)6-8-27)25-21(24-15)29-11-9-28(10-12-29)20(30)17-4-3-16(22)14-18(17)23/h3-4,13-14H,5-12H2,1-2H3. The van der Waals surface area contributed by atoms with Crippen molar-refractivity contribution in [2.75, 3.05) is 69.2 Å². The molecule has 2 fully saturated rings. The minimum atomic E-state index is -0.0698. The quantitative estimate of drug-likeness (QED) is 0.719. The third-order valence-corrected chi connectivity index (χ3v) is 6.22. The van der Waals surface area contributed by atoms with Gasteiger partial charge in [0.05, 0.1) is 10.6 Å². The number of amides is 1. The number of hydrogen-bond donors (Lipinski definition) is 0. The molecule has 1 aromatic heterocycles. The molecule has 1 aromatic carbocycles. The Kier molecular flexibility index (Phi) is 6.32. The number of benzene rings is 1. The van der Waals surface area contributed by atoms with Gasteiger partial charge in [0.25, 0.3) is 5.91 Å². The van der Waals surface area contributed by atoms with Gasteiger partial charge < -0.3 is 19.6 Å². The second-order valence-corrected chi connectivity index (χ2v) is 8.70. The highest BCUT2D eigenvalue weighted by atomic mass is 35.5. The molecule has 0 aliphatic carbocycles. The van der Waals surface area contributed by atoms with Crippen molar-refractivity contribution in [2.24, 2.45) is 0 Å². The first kappa shape index (κ1) is 21.2. The first-order valence-corrected chi connectivity index (χ1v) is 10.9. The van der Waals surface area contributed by atoms with E-state index in [4.69, 9.17) is 28.2 Å². The molecular formula is C21H26Cl2N6O. The lowest BCUT2D eigenvalue weighted by Crippen LogP contribution is -2.49. The van der Waals surface area contributed by atoms with Crippen LogP contribution in [0.5, 0.6) is 0 Å². The fraction of sp³-hybridized carbons (Fsp3) is 0.476. The van der Waals surface area contributed by atoms with E-state index in [1.807, 2.05) is 11.8 Å². The second kappa shape index (κ2) is 8.96. The molecule has 0 atom stereocenters. The summed E-state index contributed by atoms with van der Waals surface area (Å²) in [5.41, 5.74) is 1.44. The van der Waals surface area contributed by atoms with Gasteiger partial charge in [0.15, 0.2) is 0 Å². The number of carbonyl (C=O) groups excluding carboxylic acids is 1. The highest BCUT2D eigenvalue weighted by molar-refractivity contribution is 6.36. The van der Waals surface area contributed by atoms with Crippen LogP contribution in [0, 0.1) is 6.92 Å². The van der Waals surface area contributed by atoms with Gasteiger partial charge >= 0.3 is 0 Å². The fourth-order valence-corrected chi connectivity index (χ4v) is 4.31. The summed E-state index contributed by atoms with van der Waals surface area (Å²) in [6, 6.07) is 7.03. The largest absolute Gasteiger partial charge is 0.354 e. The van der Waals surface area contributed by atoms with E-state index in [1.54, 1.807) is 18.2 Å². The van der Waals surface area contributed by atoms with E-state index >= 15 is 0 Å². The lowest BCUT2D eigenvalue weighted by molar-refractivity contribution is 0.0746. The maximum atomic E-state index is 12.9. The Labute approximate surface area is 187 Å². The van der Waals surface area contributed by atoms with Crippen molar-refractivity contribution in [1.29, 1.82) is 0 Å². The van der Waals surface area contributed by atoms with Crippen molar-refractivity contribution < 1.29 is 4.79 Å². The second-order valence-electron chi connectivity index (χ2n) is 7.86. The third-order valence-electron chi connectivity index (χ3n) is 5.67. The van der Waals surface area contributed by atoms with Crippen LogP contribution in [0.2, 0.25) is 10.0 Å². The molecule has 9 heteroatoms. The SMILES string of the molecule is Cc1cc(N2CCN(C)CC2)nc(N2CCN(C(=O)c3ccc(Cl)cc3Cl)CC2)n1. The topological polar surface area (TPSA) is 55.8 Å². The van der Waals surface area contributed by atoms with Gasteiger partial charge in [0.2, 0.25) is 5.95 Å². The molecule has 4 rings (SSSR count). The number of rotatable bonds is 3. The molecule has 2 aliphatic heterocycles. The van der Waals surface area contributed by atoms with Crippen LogP contribution in [0.3, 0.4) is 0 Å². The molecule has 30 heavy (non-hydrogen) atoms. The van der Waals surface area contributed by atoms with Crippen LogP contribution in [0.25, 0.3) is 0 Å². The Morgan fingerprint density at radius 2 is 1.57 bits per heavy atom. The average Bonchev–Trinajstić information content (AvgIpc) is 2.73. The Bertz CT molecular complexity index is 924. The van der Waals surface area contributed by atoms with Gasteiger partial charge in [0, 0.05) is 69.1 Å². The summed E-state index contributed by atoms with van der Waals surface area (Å²) in [6.07, 6.45) is 0. The summed E-state index contributed by atoms with van der Waals surface area (Å²) in [4.78, 5) is 31.0. The molecule has 2 saturated heterocycles. The van der Waals surface area contributed by atoms with Crippen LogP contribution < -0.4 is 9.80 Å². The first-order valence-electron chi connectivity index (χ1n) is 10.2. The molecule has 0 saturated carbocycles. The van der Waals surface area contributed by atoms with Gasteiger partial charge in [-0.15, -0.1) is 0 Å². The zero-order valence-electron chi connectivity index (χ0n) is 17.3. The number of carbonyl (C=O) groups is 1. The minimum Gasteiger partial charge on any atom is -0.354 e. The number of piperazine rings is 2. The van der Waals surface area contributed by atoms with E-state index in [9.17, 15) is 4.79 Å². The summed E-state index contributed by atoms with van der Waals surface area (Å²) in [5, 5.41) is 0.905. The van der Waals surface area contributed by atoms with Crippen LogP contribution in [-0.4, -0.2) is 85.1 Å². The molecule has 3 heterocycles. The predicted molar refractivity (Wildman–Crippen MR) is 121 cm³/mol. The van der Waals surface area contributed by atoms with Crippen LogP contribution in [0.1, 0.15) is 16.1 Å². The average molecular weight is 449 g/mol. The zero-order chi connectivity index (χ0) is 21.3. The fourth-order valence-electron chi connectivity index (χ4n) is 3.82. The third kappa shape index (κ3) is 4.63. The Morgan fingerprint density at radius 3 is 2.23 bits per heavy atom. The monoisotopic (exact) mass is 448 g/mol. The van der Waals surface area contributed by atoms with Crippen LogP contribution >= 0.6 is 23.2 Å². The summed E-state index contributed by atoms with van der Waals surface area (Å²) in [5.74, 6) is 1.65. The zero-order valence-corrected chi connectivity index (χ0v) is 18.8. The van der Waals surface area contributed by atoms with Gasteiger partial charge in [0.1, 0.15) is 5.82 Å². The number of likely N-dealkylation sites (N-methyl/N-ethyl adjacent to an activating group) is 1. The number of halogens is 2. The summed E-state index contributed by atoms with van der Waals surface area (Å²) in [7, 11) is 2.14. The predicted octanol–water partition coefficient (Wildman–Crippen LogP) is 2.81. The summed E-state index contributed by atoms with van der Waals surface area (Å²) >= 11 is 12.2. The van der Waals surface area contributed by atoms with Crippen molar-refractivity contribution in [1.82, 2.24) is 19.8 Å². The van der Waals surface area contributed by atoms with E-state index < -0.39 is 0 Å². The molecule has 160 valence electrons. The molecule has 0 N–H and O–H groups in total. The van der Waals surface area contributed by atoms with Crippen molar-refractivity contribution in [3.63, 3.8) is 0 Å². The Balaban J connectivity index is 1.43. The molecule has 7 nitrogen and oxygen atoms in total. The van der Waals surface area contributed by atoms with Crippen molar-refractivity contribution in [2.45, 2.75) is 6.92 Å². The molecule has 2 aromatic rings. The molecule has 0 radical (unpaired) electrons. The van der Waals surface area contributed by atoms with E-state index in [1.165, 1.54) is 0 Å². The molecule has 0 bridgehead atoms. The summed E-state index contributed by atoms with van der Waals surface area (Å²) in [6.45, 7) is 8.57. The van der Waals surface area contributed by atoms with Gasteiger partial charge in [-0.1, -0.05) is 23.2 Å². The number of anilines is 2. The number of hydrogen-bond acceptors (Lipinski definition) is 6. The van der Waals surface area contributed by atoms with Crippen LogP contribution in [-0.2, 0) is 0 Å². The molecule has 2 aliphatic rings. The van der Waals surface area contributed by atoms with E-state index in [0.717, 1.165) is 43.6 Å². The van der Waals surface area contributed by atoms with E-state index in [0.29, 0.717) is 41.8 Å². The van der Waals surface area contributed by atoms with Crippen molar-refractivity contribution in [3.8, 4) is 0 Å². The first-order chi connectivity index (χ1) is 14.4. The van der Waals surface area contributed by atoms with Crippen LogP contribution in [0.15, 0.2) is 24.3 Å². The number of nitrogens with zero attached hydrogens (tertiary/aromatic N) is 6. The maximum absolute atomic E-state index is 12.9. The summed E-state index contributed by atoms with van der Waals surface area (Å²) < 4.78 is 0. The number of aryl methyl sites for hydroxylation is 1. The van der Waals surface area contributed by atoms with Gasteiger partial charge in [-0.25, -0.2) is 4.98 Å². The van der Waals surface area contributed by atoms with Crippen molar-refractivity contribution >= 4 is 40.9 Å². The molecule has 0 unspecified atom stereocenters. The van der Waals surface area contributed by atoms with E-state index in [2.05, 4.69) is 32.8 Å². The lowest BCUT2D eigenvalue weighted by Gasteiger charge is -2.36. The lowest BCUT2D eigenvalue weighted by atomic mass is 10.2. The minimum absolute atomic E-state index is 0.0698. The maximum Gasteiger partial charge on any atom is 0.255 e. The van der Waals surface area contributed by atoms with Gasteiger partial charge in [-0.2, -0.15) is 4.98 Å². The van der Waals surface area contributed by atoms with Crippen molar-refractivity contribution in [3.05, 3.63) is 45.6 Å². The smallest absolute Gasteiger partial charge is 0.255 e. The van der Waals surface area contributed by atoms with E-state index in [-0.39, 0.29) is 5.91 Å². The Hall–Kier alpha value is -2.09. The highest BCUT2D eigenvalue weighted by Gasteiger charge is 2.26.